The molecule has 0 saturated heterocycles. The van der Waals surface area contributed by atoms with E-state index in [1.807, 2.05) is 20.8 Å². The van der Waals surface area contributed by atoms with Crippen LogP contribution in [-0.2, 0) is 9.68 Å². The Labute approximate surface area is 161 Å². The Balaban J connectivity index is 1.94. The highest BCUT2D eigenvalue weighted by Crippen LogP contribution is 2.38. The van der Waals surface area contributed by atoms with Gasteiger partial charge in [0, 0.05) is 5.92 Å². The molecule has 4 nitrogen and oxygen atoms in total. The number of hydroxylamine groups is 2. The van der Waals surface area contributed by atoms with Gasteiger partial charge in [-0.15, -0.1) is 0 Å². The van der Waals surface area contributed by atoms with Crippen LogP contribution in [0.1, 0.15) is 64.9 Å². The van der Waals surface area contributed by atoms with Crippen LogP contribution in [0.3, 0.4) is 0 Å². The van der Waals surface area contributed by atoms with Crippen LogP contribution in [0.2, 0.25) is 0 Å². The predicted molar refractivity (Wildman–Crippen MR) is 101 cm³/mol. The second-order valence-corrected chi connectivity index (χ2v) is 7.50. The van der Waals surface area contributed by atoms with Gasteiger partial charge < -0.3 is 4.74 Å². The SMILES string of the molecule is CCON(CC(C)COc1ccc(C2CCC(C)CC2)c(F)c1F)OCC. The van der Waals surface area contributed by atoms with Crippen LogP contribution in [0.25, 0.3) is 0 Å². The molecular formula is C21H33F2NO3. The van der Waals surface area contributed by atoms with Crippen molar-refractivity contribution in [1.29, 1.82) is 0 Å². The average molecular weight is 385 g/mol. The Bertz CT molecular complexity index is 571. The number of ether oxygens (including phenoxy) is 1. The summed E-state index contributed by atoms with van der Waals surface area (Å²) >= 11 is 0. The summed E-state index contributed by atoms with van der Waals surface area (Å²) in [5.41, 5.74) is 0.485. The van der Waals surface area contributed by atoms with Crippen molar-refractivity contribution in [2.75, 3.05) is 26.4 Å². The number of halogens is 2. The van der Waals surface area contributed by atoms with E-state index in [0.717, 1.165) is 25.7 Å². The number of hydrogen-bond acceptors (Lipinski definition) is 4. The van der Waals surface area contributed by atoms with Crippen molar-refractivity contribution in [3.05, 3.63) is 29.3 Å². The summed E-state index contributed by atoms with van der Waals surface area (Å²) < 4.78 is 34.6. The molecule has 0 aliphatic heterocycles. The highest BCUT2D eigenvalue weighted by Gasteiger charge is 2.25. The van der Waals surface area contributed by atoms with Crippen LogP contribution in [0, 0.1) is 23.5 Å². The predicted octanol–water partition coefficient (Wildman–Crippen LogP) is 5.48. The van der Waals surface area contributed by atoms with Crippen molar-refractivity contribution in [1.82, 2.24) is 5.23 Å². The van der Waals surface area contributed by atoms with Gasteiger partial charge in [-0.1, -0.05) is 38.0 Å². The summed E-state index contributed by atoms with van der Waals surface area (Å²) in [7, 11) is 0. The lowest BCUT2D eigenvalue weighted by molar-refractivity contribution is -0.368. The maximum atomic E-state index is 14.6. The number of hydrogen-bond donors (Lipinski definition) is 0. The second-order valence-electron chi connectivity index (χ2n) is 7.50. The molecule has 1 aromatic carbocycles. The lowest BCUT2D eigenvalue weighted by Crippen LogP contribution is -2.31. The summed E-state index contributed by atoms with van der Waals surface area (Å²) in [4.78, 5) is 10.7. The minimum Gasteiger partial charge on any atom is -0.490 e. The standard InChI is InChI=1S/C21H33F2NO3/c1-5-26-24(27-6-2)13-16(4)14-25-19-12-11-18(20(22)21(19)23)17-9-7-15(3)8-10-17/h11-12,15-17H,5-10,13-14H2,1-4H3. The molecule has 0 aromatic heterocycles. The van der Waals surface area contributed by atoms with Crippen LogP contribution >= 0.6 is 0 Å². The second kappa shape index (κ2) is 10.9. The normalized spacial score (nSPS) is 21.4. The van der Waals surface area contributed by atoms with Crippen molar-refractivity contribution in [2.24, 2.45) is 11.8 Å². The van der Waals surface area contributed by atoms with Gasteiger partial charge in [0.25, 0.3) is 0 Å². The molecule has 0 amide bonds. The molecule has 1 fully saturated rings. The van der Waals surface area contributed by atoms with E-state index in [4.69, 9.17) is 14.4 Å². The summed E-state index contributed by atoms with van der Waals surface area (Å²) in [5, 5.41) is 1.41. The summed E-state index contributed by atoms with van der Waals surface area (Å²) in [5.74, 6) is -0.882. The smallest absolute Gasteiger partial charge is 0.200 e. The van der Waals surface area contributed by atoms with E-state index in [-0.39, 0.29) is 24.2 Å². The van der Waals surface area contributed by atoms with Crippen LogP contribution in [0.4, 0.5) is 8.78 Å². The first kappa shape index (κ1) is 22.1. The minimum absolute atomic E-state index is 0.0186. The molecule has 0 heterocycles. The van der Waals surface area contributed by atoms with E-state index < -0.39 is 11.6 Å². The minimum atomic E-state index is -0.884. The largest absolute Gasteiger partial charge is 0.490 e. The molecule has 1 aliphatic rings. The van der Waals surface area contributed by atoms with Crippen LogP contribution < -0.4 is 4.74 Å². The fourth-order valence-corrected chi connectivity index (χ4v) is 3.51. The van der Waals surface area contributed by atoms with Gasteiger partial charge in [-0.25, -0.2) is 4.39 Å². The van der Waals surface area contributed by atoms with Crippen LogP contribution in [0.15, 0.2) is 12.1 Å². The van der Waals surface area contributed by atoms with E-state index in [9.17, 15) is 8.78 Å². The van der Waals surface area contributed by atoms with E-state index >= 15 is 0 Å². The van der Waals surface area contributed by atoms with Crippen molar-refractivity contribution < 1.29 is 23.2 Å². The Hall–Kier alpha value is -1.24. The fraction of sp³-hybridized carbons (Fsp3) is 0.714. The lowest BCUT2D eigenvalue weighted by Gasteiger charge is -2.27. The van der Waals surface area contributed by atoms with Crippen molar-refractivity contribution in [2.45, 2.75) is 59.3 Å². The topological polar surface area (TPSA) is 30.9 Å². The van der Waals surface area contributed by atoms with Gasteiger partial charge in [0.05, 0.1) is 26.4 Å². The van der Waals surface area contributed by atoms with E-state index in [1.165, 1.54) is 5.23 Å². The molecule has 1 unspecified atom stereocenters. The summed E-state index contributed by atoms with van der Waals surface area (Å²) in [6, 6.07) is 3.24. The van der Waals surface area contributed by atoms with E-state index in [1.54, 1.807) is 12.1 Å². The summed E-state index contributed by atoms with van der Waals surface area (Å²) in [6.07, 6.45) is 3.97. The molecule has 1 atom stereocenters. The fourth-order valence-electron chi connectivity index (χ4n) is 3.51. The van der Waals surface area contributed by atoms with Gasteiger partial charge in [0.1, 0.15) is 0 Å². The molecule has 0 N–H and O–H groups in total. The zero-order valence-electron chi connectivity index (χ0n) is 17.0. The summed E-state index contributed by atoms with van der Waals surface area (Å²) in [6.45, 7) is 9.61. The third kappa shape index (κ3) is 6.40. The maximum Gasteiger partial charge on any atom is 0.200 e. The number of rotatable bonds is 10. The molecular weight excluding hydrogens is 352 g/mol. The Kier molecular flexibility index (Phi) is 8.93. The lowest BCUT2D eigenvalue weighted by atomic mass is 9.79. The van der Waals surface area contributed by atoms with Crippen molar-refractivity contribution in [3.8, 4) is 5.75 Å². The first-order valence-electron chi connectivity index (χ1n) is 10.1. The average Bonchev–Trinajstić information content (AvgIpc) is 2.64. The molecule has 0 bridgehead atoms. The van der Waals surface area contributed by atoms with E-state index in [0.29, 0.717) is 31.2 Å². The number of benzene rings is 1. The van der Waals surface area contributed by atoms with E-state index in [2.05, 4.69) is 6.92 Å². The van der Waals surface area contributed by atoms with Crippen LogP contribution in [-0.4, -0.2) is 31.6 Å². The molecule has 1 aliphatic carbocycles. The molecule has 0 spiro atoms. The molecule has 1 aromatic rings. The Morgan fingerprint density at radius 3 is 2.26 bits per heavy atom. The Morgan fingerprint density at radius 1 is 1.04 bits per heavy atom. The van der Waals surface area contributed by atoms with Gasteiger partial charge in [-0.3, -0.25) is 9.68 Å². The van der Waals surface area contributed by atoms with Crippen LogP contribution in [0.5, 0.6) is 5.75 Å². The molecule has 154 valence electrons. The van der Waals surface area contributed by atoms with Crippen molar-refractivity contribution >= 4 is 0 Å². The molecule has 6 heteroatoms. The third-order valence-corrected chi connectivity index (χ3v) is 5.06. The first-order chi connectivity index (χ1) is 13.0. The third-order valence-electron chi connectivity index (χ3n) is 5.06. The highest BCUT2D eigenvalue weighted by molar-refractivity contribution is 5.33. The molecule has 0 radical (unpaired) electrons. The monoisotopic (exact) mass is 385 g/mol. The van der Waals surface area contributed by atoms with Gasteiger partial charge in [-0.2, -0.15) is 4.39 Å². The van der Waals surface area contributed by atoms with Gasteiger partial charge in [0.15, 0.2) is 11.6 Å². The van der Waals surface area contributed by atoms with Gasteiger partial charge in [-0.05, 0) is 50.2 Å². The quantitative estimate of drug-likeness (QED) is 0.499. The van der Waals surface area contributed by atoms with Gasteiger partial charge >= 0.3 is 0 Å². The molecule has 2 rings (SSSR count). The zero-order valence-corrected chi connectivity index (χ0v) is 17.0. The van der Waals surface area contributed by atoms with Gasteiger partial charge in [0.2, 0.25) is 5.82 Å². The maximum absolute atomic E-state index is 14.6. The molecule has 27 heavy (non-hydrogen) atoms. The number of nitrogens with zero attached hydrogens (tertiary/aromatic N) is 1. The zero-order chi connectivity index (χ0) is 19.8. The highest BCUT2D eigenvalue weighted by atomic mass is 19.2. The molecule has 1 saturated carbocycles. The first-order valence-corrected chi connectivity index (χ1v) is 10.1. The Morgan fingerprint density at radius 2 is 1.67 bits per heavy atom. The van der Waals surface area contributed by atoms with Crippen molar-refractivity contribution in [3.63, 3.8) is 0 Å².